The van der Waals surface area contributed by atoms with Crippen molar-refractivity contribution in [3.63, 3.8) is 0 Å². The molecule has 5 nitrogen and oxygen atoms in total. The number of alkyl halides is 3. The van der Waals surface area contributed by atoms with E-state index in [-0.39, 0.29) is 11.6 Å². The fourth-order valence-corrected chi connectivity index (χ4v) is 3.37. The number of hydrogen-bond acceptors (Lipinski definition) is 3. The molecule has 0 unspecified atom stereocenters. The minimum Gasteiger partial charge on any atom is -0.326 e. The van der Waals surface area contributed by atoms with Crippen LogP contribution in [0, 0.1) is 12.8 Å². The molecule has 1 aliphatic rings. The van der Waals surface area contributed by atoms with Crippen molar-refractivity contribution in [2.75, 3.05) is 5.32 Å². The molecule has 0 bridgehead atoms. The number of aromatic nitrogens is 2. The molecule has 0 saturated heterocycles. The van der Waals surface area contributed by atoms with Crippen LogP contribution < -0.4 is 10.9 Å². The third-order valence-electron chi connectivity index (χ3n) is 5.18. The summed E-state index contributed by atoms with van der Waals surface area (Å²) >= 11 is 0. The van der Waals surface area contributed by atoms with Gasteiger partial charge in [0, 0.05) is 23.7 Å². The van der Waals surface area contributed by atoms with Gasteiger partial charge in [0.05, 0.1) is 16.9 Å². The van der Waals surface area contributed by atoms with E-state index in [9.17, 15) is 22.8 Å². The van der Waals surface area contributed by atoms with Gasteiger partial charge in [-0.15, -0.1) is 0 Å². The van der Waals surface area contributed by atoms with Gasteiger partial charge in [0.15, 0.2) is 0 Å². The summed E-state index contributed by atoms with van der Waals surface area (Å²) in [5, 5.41) is 7.16. The van der Waals surface area contributed by atoms with Crippen molar-refractivity contribution in [1.29, 1.82) is 0 Å². The molecule has 4 rings (SSSR count). The number of halogens is 3. The summed E-state index contributed by atoms with van der Waals surface area (Å²) in [6.45, 7) is 1.72. The van der Waals surface area contributed by atoms with Crippen molar-refractivity contribution in [3.8, 4) is 16.8 Å². The molecule has 160 valence electrons. The Labute approximate surface area is 176 Å². The van der Waals surface area contributed by atoms with Crippen molar-refractivity contribution >= 4 is 11.6 Å². The van der Waals surface area contributed by atoms with Crippen molar-refractivity contribution in [3.05, 3.63) is 76.2 Å². The highest BCUT2D eigenvalue weighted by atomic mass is 19.4. The Bertz CT molecular complexity index is 1180. The number of carbonyl (C=O) groups excluding carboxylic acids is 1. The molecule has 31 heavy (non-hydrogen) atoms. The number of amides is 1. The number of carbonyl (C=O) groups is 1. The summed E-state index contributed by atoms with van der Waals surface area (Å²) in [6.07, 6.45) is -1.76. The van der Waals surface area contributed by atoms with Gasteiger partial charge in [-0.05, 0) is 67.6 Å². The lowest BCUT2D eigenvalue weighted by Crippen LogP contribution is -2.22. The van der Waals surface area contributed by atoms with E-state index < -0.39 is 17.3 Å². The molecule has 1 amide bonds. The summed E-state index contributed by atoms with van der Waals surface area (Å²) in [4.78, 5) is 24.7. The van der Waals surface area contributed by atoms with Crippen LogP contribution in [0.5, 0.6) is 0 Å². The van der Waals surface area contributed by atoms with Gasteiger partial charge >= 0.3 is 6.18 Å². The normalized spacial score (nSPS) is 13.8. The van der Waals surface area contributed by atoms with Crippen LogP contribution in [0.1, 0.15) is 30.5 Å². The van der Waals surface area contributed by atoms with Crippen LogP contribution in [0.15, 0.2) is 59.4 Å². The maximum atomic E-state index is 12.8. The second kappa shape index (κ2) is 8.02. The van der Waals surface area contributed by atoms with Crippen LogP contribution in [0.4, 0.5) is 18.9 Å². The summed E-state index contributed by atoms with van der Waals surface area (Å²) in [7, 11) is 0. The average Bonchev–Trinajstić information content (AvgIpc) is 3.53. The monoisotopic (exact) mass is 427 g/mol. The fraction of sp³-hybridized carbons (Fsp3) is 0.261. The zero-order valence-corrected chi connectivity index (χ0v) is 16.7. The fourth-order valence-electron chi connectivity index (χ4n) is 3.37. The van der Waals surface area contributed by atoms with Crippen LogP contribution in [-0.2, 0) is 11.0 Å². The minimum atomic E-state index is -4.45. The number of nitrogens with one attached hydrogen (secondary N) is 1. The SMILES string of the molecule is Cc1nn(-c2ccc(C(F)(F)F)cc2)c(=O)cc1-c1cccc(NC(=O)CC2CC2)c1. The number of benzene rings is 2. The van der Waals surface area contributed by atoms with Gasteiger partial charge in [-0.25, -0.2) is 0 Å². The third-order valence-corrected chi connectivity index (χ3v) is 5.18. The van der Waals surface area contributed by atoms with Gasteiger partial charge in [-0.3, -0.25) is 9.59 Å². The number of nitrogens with zero attached hydrogens (tertiary/aromatic N) is 2. The Morgan fingerprint density at radius 1 is 1.13 bits per heavy atom. The smallest absolute Gasteiger partial charge is 0.326 e. The zero-order chi connectivity index (χ0) is 22.2. The third kappa shape index (κ3) is 4.84. The molecule has 2 aromatic carbocycles. The maximum absolute atomic E-state index is 12.8. The van der Waals surface area contributed by atoms with Crippen LogP contribution in [0.2, 0.25) is 0 Å². The van der Waals surface area contributed by atoms with Gasteiger partial charge in [0.1, 0.15) is 0 Å². The summed E-state index contributed by atoms with van der Waals surface area (Å²) in [5.41, 5.74) is 1.45. The van der Waals surface area contributed by atoms with E-state index in [2.05, 4.69) is 10.4 Å². The molecule has 0 radical (unpaired) electrons. The molecule has 0 atom stereocenters. The lowest BCUT2D eigenvalue weighted by molar-refractivity contribution is -0.137. The van der Waals surface area contributed by atoms with E-state index in [1.807, 2.05) is 6.07 Å². The quantitative estimate of drug-likeness (QED) is 0.626. The number of hydrogen-bond donors (Lipinski definition) is 1. The van der Waals surface area contributed by atoms with E-state index in [0.29, 0.717) is 34.8 Å². The second-order valence-electron chi connectivity index (χ2n) is 7.71. The van der Waals surface area contributed by atoms with Crippen molar-refractivity contribution < 1.29 is 18.0 Å². The average molecular weight is 427 g/mol. The topological polar surface area (TPSA) is 64.0 Å². The van der Waals surface area contributed by atoms with Crippen molar-refractivity contribution in [1.82, 2.24) is 9.78 Å². The van der Waals surface area contributed by atoms with Gasteiger partial charge < -0.3 is 5.32 Å². The van der Waals surface area contributed by atoms with E-state index >= 15 is 0 Å². The van der Waals surface area contributed by atoms with Crippen molar-refractivity contribution in [2.45, 2.75) is 32.4 Å². The first kappa shape index (κ1) is 20.8. The molecule has 3 aromatic rings. The lowest BCUT2D eigenvalue weighted by atomic mass is 10.0. The molecule has 8 heteroatoms. The second-order valence-corrected chi connectivity index (χ2v) is 7.71. The first-order valence-electron chi connectivity index (χ1n) is 9.89. The lowest BCUT2D eigenvalue weighted by Gasteiger charge is -2.12. The molecule has 0 spiro atoms. The number of aryl methyl sites for hydroxylation is 1. The minimum absolute atomic E-state index is 0.0350. The number of anilines is 1. The molecule has 1 heterocycles. The summed E-state index contributed by atoms with van der Waals surface area (Å²) in [5.74, 6) is 0.444. The van der Waals surface area contributed by atoms with Crippen LogP contribution in [0.3, 0.4) is 0 Å². The molecular weight excluding hydrogens is 407 g/mol. The first-order chi connectivity index (χ1) is 14.7. The van der Waals surface area contributed by atoms with Gasteiger partial charge in [-0.2, -0.15) is 23.0 Å². The maximum Gasteiger partial charge on any atom is 0.416 e. The first-order valence-corrected chi connectivity index (χ1v) is 9.89. The highest BCUT2D eigenvalue weighted by Crippen LogP contribution is 2.33. The Kier molecular flexibility index (Phi) is 5.39. The van der Waals surface area contributed by atoms with E-state index in [4.69, 9.17) is 0 Å². The molecule has 1 saturated carbocycles. The highest BCUT2D eigenvalue weighted by Gasteiger charge is 2.30. The molecule has 1 aromatic heterocycles. The van der Waals surface area contributed by atoms with E-state index in [1.54, 1.807) is 25.1 Å². The summed E-state index contributed by atoms with van der Waals surface area (Å²) in [6, 6.07) is 12.8. The molecule has 1 aliphatic carbocycles. The van der Waals surface area contributed by atoms with Crippen LogP contribution >= 0.6 is 0 Å². The largest absolute Gasteiger partial charge is 0.416 e. The summed E-state index contributed by atoms with van der Waals surface area (Å²) < 4.78 is 39.4. The standard InChI is InChI=1S/C23H20F3N3O2/c1-14-20(16-3-2-4-18(12-16)27-21(30)11-15-5-6-15)13-22(31)29(28-14)19-9-7-17(8-10-19)23(24,25)26/h2-4,7-10,12-13,15H,5-6,11H2,1H3,(H,27,30). The van der Waals surface area contributed by atoms with Crippen molar-refractivity contribution in [2.24, 2.45) is 5.92 Å². The van der Waals surface area contributed by atoms with Gasteiger partial charge in [-0.1, -0.05) is 12.1 Å². The van der Waals surface area contributed by atoms with E-state index in [1.165, 1.54) is 18.2 Å². The predicted molar refractivity (Wildman–Crippen MR) is 111 cm³/mol. The van der Waals surface area contributed by atoms with Gasteiger partial charge in [0.2, 0.25) is 5.91 Å². The predicted octanol–water partition coefficient (Wildman–Crippen LogP) is 4.97. The molecule has 1 N–H and O–H groups in total. The zero-order valence-electron chi connectivity index (χ0n) is 16.7. The van der Waals surface area contributed by atoms with Crippen LogP contribution in [0.25, 0.3) is 16.8 Å². The number of rotatable bonds is 5. The Morgan fingerprint density at radius 3 is 2.48 bits per heavy atom. The Hall–Kier alpha value is -3.42. The Balaban J connectivity index is 1.61. The molecule has 0 aliphatic heterocycles. The van der Waals surface area contributed by atoms with E-state index in [0.717, 1.165) is 29.7 Å². The van der Waals surface area contributed by atoms with Crippen LogP contribution in [-0.4, -0.2) is 15.7 Å². The Morgan fingerprint density at radius 2 is 1.84 bits per heavy atom. The molecule has 1 fully saturated rings. The highest BCUT2D eigenvalue weighted by molar-refractivity contribution is 5.91. The molecular formula is C23H20F3N3O2. The van der Waals surface area contributed by atoms with Gasteiger partial charge in [0.25, 0.3) is 5.56 Å².